The van der Waals surface area contributed by atoms with Crippen LogP contribution in [0, 0.1) is 5.41 Å². The lowest BCUT2D eigenvalue weighted by Crippen LogP contribution is -2.40. The first-order chi connectivity index (χ1) is 10.6. The summed E-state index contributed by atoms with van der Waals surface area (Å²) in [6, 6.07) is 7.52. The molecule has 0 radical (unpaired) electrons. The Morgan fingerprint density at radius 1 is 1.21 bits per heavy atom. The number of hydrogen-bond donors (Lipinski definition) is 2. The number of amides is 1. The molecule has 0 bridgehead atoms. The van der Waals surface area contributed by atoms with Crippen LogP contribution in [0.5, 0.6) is 5.75 Å². The zero-order valence-electron chi connectivity index (χ0n) is 14.4. The molecule has 0 spiro atoms. The second kappa shape index (κ2) is 10.8. The summed E-state index contributed by atoms with van der Waals surface area (Å²) in [5, 5.41) is 2.99. The molecule has 1 aliphatic carbocycles. The van der Waals surface area contributed by atoms with Crippen molar-refractivity contribution in [2.24, 2.45) is 11.1 Å². The van der Waals surface area contributed by atoms with E-state index in [2.05, 4.69) is 10.2 Å². The standard InChI is InChI=1S/C17H27N3O2.2ClH/c1-20(2)11-12-22-15-7-5-14(6-8-15)19-16(21)17(13-18)9-3-4-10-17;;/h5-8H,3-4,9-13,18H2,1-2H3,(H,19,21);2*1H. The van der Waals surface area contributed by atoms with Gasteiger partial charge in [0.2, 0.25) is 5.91 Å². The van der Waals surface area contributed by atoms with Gasteiger partial charge in [0.05, 0.1) is 5.41 Å². The Balaban J connectivity index is 0.00000264. The molecular weight excluding hydrogens is 349 g/mol. The average Bonchev–Trinajstić information content (AvgIpc) is 2.99. The van der Waals surface area contributed by atoms with E-state index in [1.807, 2.05) is 38.4 Å². The number of likely N-dealkylation sites (N-methyl/N-ethyl adjacent to an activating group) is 1. The molecule has 0 saturated heterocycles. The van der Waals surface area contributed by atoms with Crippen LogP contribution in [0.2, 0.25) is 0 Å². The number of nitrogens with two attached hydrogens (primary N) is 1. The Bertz CT molecular complexity index is 489. The molecule has 0 heterocycles. The summed E-state index contributed by atoms with van der Waals surface area (Å²) in [5.41, 5.74) is 6.26. The van der Waals surface area contributed by atoms with Gasteiger partial charge in [-0.1, -0.05) is 12.8 Å². The largest absolute Gasteiger partial charge is 0.492 e. The molecule has 1 aromatic carbocycles. The van der Waals surface area contributed by atoms with Crippen LogP contribution in [0.4, 0.5) is 5.69 Å². The van der Waals surface area contributed by atoms with Crippen LogP contribution in [0.25, 0.3) is 0 Å². The Morgan fingerprint density at radius 3 is 2.29 bits per heavy atom. The molecule has 1 aromatic rings. The van der Waals surface area contributed by atoms with Crippen molar-refractivity contribution in [1.82, 2.24) is 4.90 Å². The Labute approximate surface area is 157 Å². The van der Waals surface area contributed by atoms with Crippen LogP contribution in [0.15, 0.2) is 24.3 Å². The van der Waals surface area contributed by atoms with Gasteiger partial charge < -0.3 is 20.7 Å². The number of nitrogens with one attached hydrogen (secondary N) is 1. The lowest BCUT2D eigenvalue weighted by atomic mass is 9.85. The van der Waals surface area contributed by atoms with Gasteiger partial charge in [-0.2, -0.15) is 0 Å². The van der Waals surface area contributed by atoms with E-state index in [9.17, 15) is 4.79 Å². The quantitative estimate of drug-likeness (QED) is 0.766. The molecule has 1 aliphatic rings. The van der Waals surface area contributed by atoms with Crippen LogP contribution < -0.4 is 15.8 Å². The highest BCUT2D eigenvalue weighted by molar-refractivity contribution is 5.95. The molecule has 0 unspecified atom stereocenters. The van der Waals surface area contributed by atoms with Crippen molar-refractivity contribution in [3.63, 3.8) is 0 Å². The number of ether oxygens (including phenoxy) is 1. The predicted molar refractivity (Wildman–Crippen MR) is 104 cm³/mol. The second-order valence-electron chi connectivity index (χ2n) is 6.32. The van der Waals surface area contributed by atoms with E-state index in [1.54, 1.807) is 0 Å². The minimum absolute atomic E-state index is 0. The van der Waals surface area contributed by atoms with Crippen molar-refractivity contribution in [1.29, 1.82) is 0 Å². The zero-order valence-corrected chi connectivity index (χ0v) is 16.0. The molecular formula is C17H29Cl2N3O2. The maximum atomic E-state index is 12.5. The third-order valence-electron chi connectivity index (χ3n) is 4.35. The smallest absolute Gasteiger partial charge is 0.231 e. The van der Waals surface area contributed by atoms with E-state index >= 15 is 0 Å². The van der Waals surface area contributed by atoms with E-state index < -0.39 is 0 Å². The van der Waals surface area contributed by atoms with Crippen molar-refractivity contribution in [3.05, 3.63) is 24.3 Å². The maximum absolute atomic E-state index is 12.5. The van der Waals surface area contributed by atoms with Crippen molar-refractivity contribution in [2.45, 2.75) is 25.7 Å². The van der Waals surface area contributed by atoms with Crippen LogP contribution in [-0.4, -0.2) is 44.6 Å². The van der Waals surface area contributed by atoms with E-state index in [-0.39, 0.29) is 36.1 Å². The van der Waals surface area contributed by atoms with Crippen LogP contribution in [0.3, 0.4) is 0 Å². The summed E-state index contributed by atoms with van der Waals surface area (Å²) >= 11 is 0. The summed E-state index contributed by atoms with van der Waals surface area (Å²) in [6.45, 7) is 1.94. The summed E-state index contributed by atoms with van der Waals surface area (Å²) < 4.78 is 5.64. The first kappa shape index (κ1) is 23.0. The molecule has 0 atom stereocenters. The van der Waals surface area contributed by atoms with E-state index in [4.69, 9.17) is 10.5 Å². The number of carbonyl (C=O) groups excluding carboxylic acids is 1. The monoisotopic (exact) mass is 377 g/mol. The van der Waals surface area contributed by atoms with E-state index in [0.29, 0.717) is 13.2 Å². The molecule has 7 heteroatoms. The number of benzene rings is 1. The minimum Gasteiger partial charge on any atom is -0.492 e. The number of hydrogen-bond acceptors (Lipinski definition) is 4. The van der Waals surface area contributed by atoms with Crippen LogP contribution in [-0.2, 0) is 4.79 Å². The van der Waals surface area contributed by atoms with E-state index in [0.717, 1.165) is 43.7 Å². The van der Waals surface area contributed by atoms with Gasteiger partial charge in [-0.05, 0) is 51.2 Å². The topological polar surface area (TPSA) is 67.6 Å². The van der Waals surface area contributed by atoms with Crippen molar-refractivity contribution < 1.29 is 9.53 Å². The number of carbonyl (C=O) groups is 1. The molecule has 3 N–H and O–H groups in total. The van der Waals surface area contributed by atoms with Crippen molar-refractivity contribution in [2.75, 3.05) is 39.1 Å². The predicted octanol–water partition coefficient (Wildman–Crippen LogP) is 2.93. The normalized spacial score (nSPS) is 15.3. The molecule has 1 amide bonds. The number of rotatable bonds is 7. The molecule has 138 valence electrons. The Hall–Kier alpha value is -1.01. The molecule has 0 aromatic heterocycles. The fourth-order valence-corrected chi connectivity index (χ4v) is 2.82. The number of halogens is 2. The fraction of sp³-hybridized carbons (Fsp3) is 0.588. The summed E-state index contributed by atoms with van der Waals surface area (Å²) in [7, 11) is 4.02. The second-order valence-corrected chi connectivity index (χ2v) is 6.32. The third-order valence-corrected chi connectivity index (χ3v) is 4.35. The fourth-order valence-electron chi connectivity index (χ4n) is 2.82. The summed E-state index contributed by atoms with van der Waals surface area (Å²) in [5.74, 6) is 0.864. The SMILES string of the molecule is CN(C)CCOc1ccc(NC(=O)C2(CN)CCCC2)cc1.Cl.Cl. The number of nitrogens with zero attached hydrogens (tertiary/aromatic N) is 1. The van der Waals surface area contributed by atoms with Crippen LogP contribution in [0.1, 0.15) is 25.7 Å². The van der Waals surface area contributed by atoms with Gasteiger partial charge in [0.15, 0.2) is 0 Å². The lowest BCUT2D eigenvalue weighted by molar-refractivity contribution is -0.124. The molecule has 1 saturated carbocycles. The Morgan fingerprint density at radius 2 is 1.79 bits per heavy atom. The average molecular weight is 378 g/mol. The zero-order chi connectivity index (χ0) is 16.0. The van der Waals surface area contributed by atoms with Gasteiger partial charge in [-0.25, -0.2) is 0 Å². The van der Waals surface area contributed by atoms with Gasteiger partial charge in [-0.3, -0.25) is 4.79 Å². The van der Waals surface area contributed by atoms with Gasteiger partial charge in [0.1, 0.15) is 12.4 Å². The molecule has 0 aliphatic heterocycles. The molecule has 2 rings (SSSR count). The van der Waals surface area contributed by atoms with Gasteiger partial charge >= 0.3 is 0 Å². The first-order valence-corrected chi connectivity index (χ1v) is 7.95. The highest BCUT2D eigenvalue weighted by Crippen LogP contribution is 2.38. The summed E-state index contributed by atoms with van der Waals surface area (Å²) in [4.78, 5) is 14.5. The molecule has 24 heavy (non-hydrogen) atoms. The van der Waals surface area contributed by atoms with Gasteiger partial charge in [-0.15, -0.1) is 24.8 Å². The maximum Gasteiger partial charge on any atom is 0.231 e. The highest BCUT2D eigenvalue weighted by atomic mass is 35.5. The molecule has 1 fully saturated rings. The van der Waals surface area contributed by atoms with E-state index in [1.165, 1.54) is 0 Å². The van der Waals surface area contributed by atoms with Crippen LogP contribution >= 0.6 is 24.8 Å². The van der Waals surface area contributed by atoms with Gasteiger partial charge in [0.25, 0.3) is 0 Å². The number of anilines is 1. The lowest BCUT2D eigenvalue weighted by Gasteiger charge is -2.25. The molecule has 5 nitrogen and oxygen atoms in total. The first-order valence-electron chi connectivity index (χ1n) is 7.95. The van der Waals surface area contributed by atoms with Crippen molar-refractivity contribution in [3.8, 4) is 5.75 Å². The third kappa shape index (κ3) is 6.13. The van der Waals surface area contributed by atoms with Gasteiger partial charge in [0, 0.05) is 18.8 Å². The summed E-state index contributed by atoms with van der Waals surface area (Å²) in [6.07, 6.45) is 3.95. The minimum atomic E-state index is -0.374. The van der Waals surface area contributed by atoms with Crippen molar-refractivity contribution >= 4 is 36.4 Å². The highest BCUT2D eigenvalue weighted by Gasteiger charge is 2.39. The Kier molecular flexibility index (Phi) is 10.3.